The maximum absolute atomic E-state index is 11.8. The van der Waals surface area contributed by atoms with Crippen LogP contribution in [0.4, 0.5) is 0 Å². The monoisotopic (exact) mass is 243 g/mol. The predicted molar refractivity (Wildman–Crippen MR) is 62.4 cm³/mol. The number of rotatable bonds is 4. The molecule has 0 aromatic rings. The van der Waals surface area contributed by atoms with Gasteiger partial charge in [-0.3, -0.25) is 9.59 Å². The molecule has 1 saturated heterocycles. The molecule has 5 heteroatoms. The van der Waals surface area contributed by atoms with Crippen molar-refractivity contribution in [2.45, 2.75) is 39.7 Å². The molecule has 1 aliphatic rings. The van der Waals surface area contributed by atoms with Gasteiger partial charge in [0.05, 0.1) is 5.92 Å². The number of aliphatic carboxylic acids is 1. The summed E-state index contributed by atoms with van der Waals surface area (Å²) in [7, 11) is 0. The minimum absolute atomic E-state index is 0.00343. The molecule has 0 bridgehead atoms. The quantitative estimate of drug-likeness (QED) is 0.762. The van der Waals surface area contributed by atoms with Gasteiger partial charge in [0.15, 0.2) is 0 Å². The van der Waals surface area contributed by atoms with Crippen LogP contribution in [0.15, 0.2) is 0 Å². The zero-order valence-electron chi connectivity index (χ0n) is 10.6. The minimum atomic E-state index is -0.919. The zero-order valence-corrected chi connectivity index (χ0v) is 10.6. The Morgan fingerprint density at radius 1 is 1.53 bits per heavy atom. The second-order valence-corrected chi connectivity index (χ2v) is 5.68. The van der Waals surface area contributed by atoms with Gasteiger partial charge in [0.2, 0.25) is 5.91 Å². The van der Waals surface area contributed by atoms with Crippen LogP contribution in [0.2, 0.25) is 0 Å². The number of carbonyl (C=O) groups is 2. The van der Waals surface area contributed by atoms with Gasteiger partial charge in [-0.05, 0) is 11.8 Å². The Bertz CT molecular complexity index is 308. The molecular weight excluding hydrogens is 222 g/mol. The number of hydrogen-bond acceptors (Lipinski definition) is 3. The third-order valence-electron chi connectivity index (χ3n) is 3.29. The maximum Gasteiger partial charge on any atom is 0.308 e. The van der Waals surface area contributed by atoms with Crippen molar-refractivity contribution in [2.75, 3.05) is 13.2 Å². The van der Waals surface area contributed by atoms with E-state index in [0.29, 0.717) is 6.42 Å². The third-order valence-corrected chi connectivity index (χ3v) is 3.29. The van der Waals surface area contributed by atoms with Crippen molar-refractivity contribution >= 4 is 11.9 Å². The zero-order chi connectivity index (χ0) is 13.2. The van der Waals surface area contributed by atoms with E-state index in [1.54, 1.807) is 4.90 Å². The molecule has 2 N–H and O–H groups in total. The van der Waals surface area contributed by atoms with E-state index in [0.717, 1.165) is 0 Å². The van der Waals surface area contributed by atoms with Gasteiger partial charge < -0.3 is 15.1 Å². The second kappa shape index (κ2) is 5.04. The van der Waals surface area contributed by atoms with Crippen LogP contribution in [-0.2, 0) is 9.59 Å². The number of carboxylic acids is 1. The van der Waals surface area contributed by atoms with Gasteiger partial charge in [0, 0.05) is 25.6 Å². The second-order valence-electron chi connectivity index (χ2n) is 5.68. The first-order valence-electron chi connectivity index (χ1n) is 5.90. The van der Waals surface area contributed by atoms with Gasteiger partial charge in [-0.2, -0.15) is 0 Å². The number of likely N-dealkylation sites (tertiary alicyclic amines) is 1. The fourth-order valence-electron chi connectivity index (χ4n) is 2.38. The highest BCUT2D eigenvalue weighted by Gasteiger charge is 2.41. The molecule has 5 nitrogen and oxygen atoms in total. The summed E-state index contributed by atoms with van der Waals surface area (Å²) >= 11 is 0. The van der Waals surface area contributed by atoms with Gasteiger partial charge in [0.1, 0.15) is 0 Å². The van der Waals surface area contributed by atoms with Crippen LogP contribution in [0, 0.1) is 11.3 Å². The number of carboxylic acid groups (broad SMARTS) is 1. The third kappa shape index (κ3) is 3.19. The van der Waals surface area contributed by atoms with Crippen molar-refractivity contribution in [3.63, 3.8) is 0 Å². The highest BCUT2D eigenvalue weighted by molar-refractivity contribution is 5.86. The summed E-state index contributed by atoms with van der Waals surface area (Å²) in [4.78, 5) is 24.3. The van der Waals surface area contributed by atoms with E-state index >= 15 is 0 Å². The molecule has 2 unspecified atom stereocenters. The molecule has 2 atom stereocenters. The van der Waals surface area contributed by atoms with Crippen molar-refractivity contribution in [3.8, 4) is 0 Å². The van der Waals surface area contributed by atoms with E-state index in [2.05, 4.69) is 0 Å². The van der Waals surface area contributed by atoms with Gasteiger partial charge in [-0.15, -0.1) is 0 Å². The standard InChI is InChI=1S/C12H21NO4/c1-12(2,3)9(4-5-14)13-7-8(11(16)17)6-10(13)15/h8-9,14H,4-7H2,1-3H3,(H,16,17). The van der Waals surface area contributed by atoms with Crippen molar-refractivity contribution in [1.82, 2.24) is 4.90 Å². The summed E-state index contributed by atoms with van der Waals surface area (Å²) in [6, 6.07) is -0.107. The fourth-order valence-corrected chi connectivity index (χ4v) is 2.38. The van der Waals surface area contributed by atoms with Crippen molar-refractivity contribution in [3.05, 3.63) is 0 Å². The average molecular weight is 243 g/mol. The summed E-state index contributed by atoms with van der Waals surface area (Å²) in [6.07, 6.45) is 0.564. The molecule has 0 radical (unpaired) electrons. The SMILES string of the molecule is CC(C)(C)C(CCO)N1CC(C(=O)O)CC1=O. The summed E-state index contributed by atoms with van der Waals surface area (Å²) in [5.41, 5.74) is -0.161. The summed E-state index contributed by atoms with van der Waals surface area (Å²) < 4.78 is 0. The Hall–Kier alpha value is -1.10. The molecule has 0 aliphatic carbocycles. The molecule has 98 valence electrons. The van der Waals surface area contributed by atoms with Crippen LogP contribution in [0.3, 0.4) is 0 Å². The number of carbonyl (C=O) groups excluding carboxylic acids is 1. The van der Waals surface area contributed by atoms with Crippen LogP contribution in [0.5, 0.6) is 0 Å². The Morgan fingerprint density at radius 3 is 2.47 bits per heavy atom. The summed E-state index contributed by atoms with van der Waals surface area (Å²) in [5, 5.41) is 18.0. The topological polar surface area (TPSA) is 77.8 Å². The van der Waals surface area contributed by atoms with Crippen LogP contribution < -0.4 is 0 Å². The molecule has 1 heterocycles. The summed E-state index contributed by atoms with van der Waals surface area (Å²) in [6.45, 7) is 6.25. The largest absolute Gasteiger partial charge is 0.481 e. The lowest BCUT2D eigenvalue weighted by molar-refractivity contribution is -0.141. The molecule has 1 rings (SSSR count). The first kappa shape index (κ1) is 14.0. The normalized spacial score (nSPS) is 22.9. The first-order valence-corrected chi connectivity index (χ1v) is 5.90. The predicted octanol–water partition coefficient (Wildman–Crippen LogP) is 0.717. The van der Waals surface area contributed by atoms with Crippen molar-refractivity contribution < 1.29 is 19.8 Å². The van der Waals surface area contributed by atoms with E-state index in [1.165, 1.54) is 0 Å². The number of aliphatic hydroxyl groups excluding tert-OH is 1. The van der Waals surface area contributed by atoms with Crippen LogP contribution in [0.25, 0.3) is 0 Å². The summed E-state index contributed by atoms with van der Waals surface area (Å²) in [5.74, 6) is -1.64. The van der Waals surface area contributed by atoms with E-state index in [-0.39, 0.29) is 36.9 Å². The van der Waals surface area contributed by atoms with Gasteiger partial charge >= 0.3 is 5.97 Å². The number of nitrogens with zero attached hydrogens (tertiary/aromatic N) is 1. The van der Waals surface area contributed by atoms with E-state index in [9.17, 15) is 9.59 Å². The molecule has 0 spiro atoms. The molecule has 17 heavy (non-hydrogen) atoms. The van der Waals surface area contributed by atoms with E-state index in [1.807, 2.05) is 20.8 Å². The Kier molecular flexibility index (Phi) is 4.14. The lowest BCUT2D eigenvalue weighted by Gasteiger charge is -2.38. The van der Waals surface area contributed by atoms with E-state index < -0.39 is 11.9 Å². The number of amides is 1. The van der Waals surface area contributed by atoms with Gasteiger partial charge in [-0.25, -0.2) is 0 Å². The smallest absolute Gasteiger partial charge is 0.308 e. The van der Waals surface area contributed by atoms with Gasteiger partial charge in [0.25, 0.3) is 0 Å². The van der Waals surface area contributed by atoms with Crippen LogP contribution in [-0.4, -0.2) is 46.2 Å². The lowest BCUT2D eigenvalue weighted by Crippen LogP contribution is -2.45. The highest BCUT2D eigenvalue weighted by atomic mass is 16.4. The Balaban J connectivity index is 2.82. The molecule has 0 aromatic heterocycles. The molecule has 0 saturated carbocycles. The molecular formula is C12H21NO4. The van der Waals surface area contributed by atoms with Crippen molar-refractivity contribution in [2.24, 2.45) is 11.3 Å². The lowest BCUT2D eigenvalue weighted by atomic mass is 9.84. The molecule has 1 fully saturated rings. The molecule has 0 aromatic carbocycles. The Labute approximate surface area is 101 Å². The maximum atomic E-state index is 11.8. The first-order chi connectivity index (χ1) is 7.77. The van der Waals surface area contributed by atoms with Gasteiger partial charge in [-0.1, -0.05) is 20.8 Å². The molecule has 1 aliphatic heterocycles. The minimum Gasteiger partial charge on any atom is -0.481 e. The van der Waals surface area contributed by atoms with E-state index in [4.69, 9.17) is 10.2 Å². The Morgan fingerprint density at radius 2 is 2.12 bits per heavy atom. The van der Waals surface area contributed by atoms with Crippen molar-refractivity contribution in [1.29, 1.82) is 0 Å². The molecule has 1 amide bonds. The number of hydrogen-bond donors (Lipinski definition) is 2. The fraction of sp³-hybridized carbons (Fsp3) is 0.833. The van der Waals surface area contributed by atoms with Crippen LogP contribution in [0.1, 0.15) is 33.6 Å². The number of aliphatic hydroxyl groups is 1. The van der Waals surface area contributed by atoms with Crippen LogP contribution >= 0.6 is 0 Å². The highest BCUT2D eigenvalue weighted by Crippen LogP contribution is 2.31. The average Bonchev–Trinajstić information content (AvgIpc) is 2.55.